The van der Waals surface area contributed by atoms with Crippen molar-refractivity contribution < 1.29 is 29.0 Å². The smallest absolute Gasteiger partial charge is 0.264 e. The van der Waals surface area contributed by atoms with Crippen molar-refractivity contribution in [2.24, 2.45) is 5.92 Å². The van der Waals surface area contributed by atoms with E-state index in [9.17, 15) is 19.5 Å². The standard InChI is InChI=1S/C40H47N3O6Si/c1-6-21-42-34-19-14-28(43-33-12-8-7-10-27(33)13-20-36(43)45)23-32(34)40(39(42)47)26(2)38(50(4,5)31-17-15-30(48-3)16-18-31)35(49-40)24-37(46)41-22-9-11-29(41)25-44/h6-8,10,12,14-19,23,26,29,35,38,44H,1,9,11,13,20-22,24-25H2,2-5H3/t26-,29-,35+,38-,40+/m0/s1. The van der Waals surface area contributed by atoms with E-state index in [1.165, 1.54) is 5.19 Å². The first-order chi connectivity index (χ1) is 24.1. The number of hydrogen-bond donors (Lipinski definition) is 1. The largest absolute Gasteiger partial charge is 0.497 e. The number of amides is 3. The lowest BCUT2D eigenvalue weighted by atomic mass is 9.82. The summed E-state index contributed by atoms with van der Waals surface area (Å²) in [5, 5.41) is 11.2. The molecule has 1 N–H and O–H groups in total. The lowest BCUT2D eigenvalue weighted by molar-refractivity contribution is -0.149. The maximum Gasteiger partial charge on any atom is 0.264 e. The van der Waals surface area contributed by atoms with Gasteiger partial charge in [-0.15, -0.1) is 6.58 Å². The summed E-state index contributed by atoms with van der Waals surface area (Å²) in [5.41, 5.74) is 2.60. The van der Waals surface area contributed by atoms with E-state index in [-0.39, 0.29) is 48.3 Å². The second-order valence-corrected chi connectivity index (χ2v) is 19.4. The van der Waals surface area contributed by atoms with Crippen molar-refractivity contribution in [3.05, 3.63) is 90.5 Å². The summed E-state index contributed by atoms with van der Waals surface area (Å²) >= 11 is 0. The van der Waals surface area contributed by atoms with E-state index >= 15 is 0 Å². The van der Waals surface area contributed by atoms with Gasteiger partial charge in [-0.1, -0.05) is 61.6 Å². The molecular formula is C40H47N3O6Si. The molecule has 0 aliphatic carbocycles. The van der Waals surface area contributed by atoms with Crippen LogP contribution in [-0.4, -0.2) is 74.8 Å². The van der Waals surface area contributed by atoms with Gasteiger partial charge in [0.25, 0.3) is 5.91 Å². The molecule has 2 saturated heterocycles. The number of carbonyl (C=O) groups excluding carboxylic acids is 3. The highest BCUT2D eigenvalue weighted by Gasteiger charge is 2.66. The summed E-state index contributed by atoms with van der Waals surface area (Å²) in [6.45, 7) is 11.5. The predicted octanol–water partition coefficient (Wildman–Crippen LogP) is 5.43. The van der Waals surface area contributed by atoms with Gasteiger partial charge in [-0.3, -0.25) is 19.3 Å². The third-order valence-electron chi connectivity index (χ3n) is 11.8. The summed E-state index contributed by atoms with van der Waals surface area (Å²) < 4.78 is 12.7. The Bertz CT molecular complexity index is 1830. The number of benzene rings is 3. The van der Waals surface area contributed by atoms with Crippen LogP contribution in [-0.2, 0) is 31.1 Å². The molecular weight excluding hydrogens is 647 g/mol. The van der Waals surface area contributed by atoms with Crippen LogP contribution < -0.4 is 19.7 Å². The number of aryl methyl sites for hydroxylation is 1. The Balaban J connectivity index is 1.36. The molecule has 3 aromatic rings. The number of ether oxygens (including phenoxy) is 2. The molecule has 5 atom stereocenters. The van der Waals surface area contributed by atoms with Gasteiger partial charge in [-0.05, 0) is 66.8 Å². The maximum absolute atomic E-state index is 15.0. The first-order valence-electron chi connectivity index (χ1n) is 17.8. The maximum atomic E-state index is 15.0. The SMILES string of the molecule is C=CCN1C(=O)[C@]2(O[C@H](CC(=O)N3CCC[C@H]3CO)[C@@H]([Si](C)(C)c3ccc(OC)cc3)[C@@H]2C)c2cc(N3C(=O)CCc4ccccc43)ccc21. The molecule has 4 heterocycles. The number of anilines is 3. The van der Waals surface area contributed by atoms with Gasteiger partial charge < -0.3 is 24.4 Å². The van der Waals surface area contributed by atoms with Crippen molar-refractivity contribution in [1.29, 1.82) is 0 Å². The Hall–Kier alpha value is -4.25. The fraction of sp³-hybridized carbons (Fsp3) is 0.425. The number of likely N-dealkylation sites (tertiary alicyclic amines) is 1. The van der Waals surface area contributed by atoms with Crippen molar-refractivity contribution in [2.75, 3.05) is 36.6 Å². The molecule has 1 spiro atoms. The Morgan fingerprint density at radius 1 is 1.08 bits per heavy atom. The number of rotatable bonds is 9. The van der Waals surface area contributed by atoms with Gasteiger partial charge in [0.05, 0.1) is 51.7 Å². The third-order valence-corrected chi connectivity index (χ3v) is 16.1. The Labute approximate surface area is 295 Å². The van der Waals surface area contributed by atoms with Crippen LogP contribution in [0.5, 0.6) is 5.75 Å². The second kappa shape index (κ2) is 13.1. The Kier molecular flexibility index (Phi) is 8.99. The molecule has 9 nitrogen and oxygen atoms in total. The van der Waals surface area contributed by atoms with E-state index in [2.05, 4.69) is 44.8 Å². The fourth-order valence-corrected chi connectivity index (χ4v) is 13.3. The van der Waals surface area contributed by atoms with Crippen molar-refractivity contribution in [3.8, 4) is 5.75 Å². The van der Waals surface area contributed by atoms with Crippen LogP contribution in [0.25, 0.3) is 0 Å². The molecule has 262 valence electrons. The lowest BCUT2D eigenvalue weighted by Gasteiger charge is -2.37. The van der Waals surface area contributed by atoms with E-state index in [0.717, 1.165) is 41.1 Å². The Morgan fingerprint density at radius 2 is 1.84 bits per heavy atom. The van der Waals surface area contributed by atoms with E-state index in [1.54, 1.807) is 27.9 Å². The quantitative estimate of drug-likeness (QED) is 0.237. The zero-order chi connectivity index (χ0) is 35.4. The predicted molar refractivity (Wildman–Crippen MR) is 197 cm³/mol. The summed E-state index contributed by atoms with van der Waals surface area (Å²) in [6.07, 6.45) is 3.98. The van der Waals surface area contributed by atoms with Gasteiger partial charge in [0.2, 0.25) is 11.8 Å². The van der Waals surface area contributed by atoms with Crippen LogP contribution in [0.3, 0.4) is 0 Å². The summed E-state index contributed by atoms with van der Waals surface area (Å²) in [7, 11) is -0.836. The summed E-state index contributed by atoms with van der Waals surface area (Å²) in [6, 6.07) is 21.7. The topological polar surface area (TPSA) is 99.6 Å². The average Bonchev–Trinajstić information content (AvgIpc) is 3.79. The molecule has 0 aromatic heterocycles. The molecule has 10 heteroatoms. The lowest BCUT2D eigenvalue weighted by Crippen LogP contribution is -2.52. The number of fused-ring (bicyclic) bond motifs is 3. The molecule has 3 aromatic carbocycles. The number of carbonyl (C=O) groups is 3. The van der Waals surface area contributed by atoms with Crippen LogP contribution in [0.15, 0.2) is 79.4 Å². The third kappa shape index (κ3) is 5.31. The van der Waals surface area contributed by atoms with Gasteiger partial charge in [0, 0.05) is 36.7 Å². The first kappa shape index (κ1) is 34.2. The Morgan fingerprint density at radius 3 is 2.56 bits per heavy atom. The van der Waals surface area contributed by atoms with Gasteiger partial charge in [0.15, 0.2) is 5.60 Å². The molecule has 0 radical (unpaired) electrons. The van der Waals surface area contributed by atoms with Crippen LogP contribution >= 0.6 is 0 Å². The van der Waals surface area contributed by atoms with E-state index in [4.69, 9.17) is 9.47 Å². The average molecular weight is 694 g/mol. The first-order valence-corrected chi connectivity index (χ1v) is 20.9. The van der Waals surface area contributed by atoms with Crippen molar-refractivity contribution in [2.45, 2.75) is 75.4 Å². The zero-order valence-corrected chi connectivity index (χ0v) is 30.4. The van der Waals surface area contributed by atoms with Crippen LogP contribution in [0.4, 0.5) is 17.1 Å². The number of aliphatic hydroxyl groups is 1. The minimum absolute atomic E-state index is 0.00352. The van der Waals surface area contributed by atoms with Gasteiger partial charge in [0.1, 0.15) is 5.75 Å². The van der Waals surface area contributed by atoms with E-state index in [1.807, 2.05) is 48.5 Å². The molecule has 0 bridgehead atoms. The van der Waals surface area contributed by atoms with Crippen molar-refractivity contribution >= 4 is 48.0 Å². The van der Waals surface area contributed by atoms with E-state index in [0.29, 0.717) is 31.6 Å². The number of nitrogens with zero attached hydrogens (tertiary/aromatic N) is 3. The molecule has 3 amide bonds. The molecule has 4 aliphatic heterocycles. The molecule has 7 rings (SSSR count). The van der Waals surface area contributed by atoms with Crippen LogP contribution in [0.1, 0.15) is 43.7 Å². The molecule has 4 aliphatic rings. The number of methoxy groups -OCH3 is 1. The van der Waals surface area contributed by atoms with Gasteiger partial charge in [-0.25, -0.2) is 0 Å². The van der Waals surface area contributed by atoms with E-state index < -0.39 is 19.8 Å². The number of aliphatic hydroxyl groups excluding tert-OH is 1. The fourth-order valence-electron chi connectivity index (χ4n) is 9.31. The zero-order valence-electron chi connectivity index (χ0n) is 29.4. The van der Waals surface area contributed by atoms with Crippen LogP contribution in [0, 0.1) is 5.92 Å². The molecule has 0 unspecified atom stereocenters. The highest BCUT2D eigenvalue weighted by Crippen LogP contribution is 2.60. The minimum Gasteiger partial charge on any atom is -0.497 e. The second-order valence-electron chi connectivity index (χ2n) is 14.7. The van der Waals surface area contributed by atoms with Crippen molar-refractivity contribution in [1.82, 2.24) is 4.90 Å². The van der Waals surface area contributed by atoms with Gasteiger partial charge >= 0.3 is 0 Å². The highest BCUT2D eigenvalue weighted by atomic mass is 28.3. The number of hydrogen-bond acceptors (Lipinski definition) is 6. The normalized spacial score (nSPS) is 26.1. The minimum atomic E-state index is -2.49. The molecule has 0 saturated carbocycles. The molecule has 50 heavy (non-hydrogen) atoms. The highest BCUT2D eigenvalue weighted by molar-refractivity contribution is 6.91. The number of para-hydroxylation sites is 1. The van der Waals surface area contributed by atoms with Crippen LogP contribution in [0.2, 0.25) is 18.6 Å². The van der Waals surface area contributed by atoms with Crippen molar-refractivity contribution in [3.63, 3.8) is 0 Å². The summed E-state index contributed by atoms with van der Waals surface area (Å²) in [4.78, 5) is 47.9. The van der Waals surface area contributed by atoms with Gasteiger partial charge in [-0.2, -0.15) is 0 Å². The summed E-state index contributed by atoms with van der Waals surface area (Å²) in [5.74, 6) is 0.234. The molecule has 2 fully saturated rings. The monoisotopic (exact) mass is 693 g/mol.